The lowest BCUT2D eigenvalue weighted by molar-refractivity contribution is -0.141. The van der Waals surface area contributed by atoms with Gasteiger partial charge in [-0.25, -0.2) is 4.79 Å². The average Bonchev–Trinajstić information content (AvgIpc) is 3.38. The van der Waals surface area contributed by atoms with Crippen molar-refractivity contribution in [3.05, 3.63) is 11.6 Å². The van der Waals surface area contributed by atoms with E-state index in [2.05, 4.69) is 24.1 Å². The lowest BCUT2D eigenvalue weighted by Gasteiger charge is -2.40. The maximum absolute atomic E-state index is 13.9. The van der Waals surface area contributed by atoms with E-state index in [1.54, 1.807) is 25.8 Å². The molecule has 2 fully saturated rings. The molecular weight excluding hydrogens is 442 g/mol. The minimum Gasteiger partial charge on any atom is -0.463 e. The van der Waals surface area contributed by atoms with E-state index in [0.717, 1.165) is 57.9 Å². The van der Waals surface area contributed by atoms with Crippen LogP contribution in [0.25, 0.3) is 0 Å². The van der Waals surface area contributed by atoms with Crippen LogP contribution in [0.1, 0.15) is 92.9 Å². The van der Waals surface area contributed by atoms with E-state index < -0.39 is 6.04 Å². The fourth-order valence-electron chi connectivity index (χ4n) is 5.61. The van der Waals surface area contributed by atoms with Crippen molar-refractivity contribution in [2.24, 2.45) is 11.8 Å². The number of hydrogen-bond acceptors (Lipinski definition) is 5. The lowest BCUT2D eigenvalue weighted by atomic mass is 9.93. The summed E-state index contributed by atoms with van der Waals surface area (Å²) < 4.78 is 5.14. The number of esters is 1. The van der Waals surface area contributed by atoms with E-state index in [-0.39, 0.29) is 41.7 Å². The van der Waals surface area contributed by atoms with Gasteiger partial charge in [0.25, 0.3) is 0 Å². The minimum absolute atomic E-state index is 0.0111. The number of hydrogen-bond donors (Lipinski definition) is 1. The quantitative estimate of drug-likeness (QED) is 0.344. The Kier molecular flexibility index (Phi) is 11.7. The molecule has 0 bridgehead atoms. The topological polar surface area (TPSA) is 79.0 Å². The van der Waals surface area contributed by atoms with E-state index in [4.69, 9.17) is 4.74 Å². The summed E-state index contributed by atoms with van der Waals surface area (Å²) in [6.45, 7) is 13.2. The molecule has 1 heterocycles. The average molecular weight is 492 g/mol. The van der Waals surface area contributed by atoms with Gasteiger partial charge in [-0.2, -0.15) is 0 Å². The van der Waals surface area contributed by atoms with Crippen LogP contribution in [0.2, 0.25) is 0 Å². The number of amides is 2. The molecule has 0 aromatic rings. The molecule has 0 radical (unpaired) electrons. The molecule has 35 heavy (non-hydrogen) atoms. The first-order valence-electron chi connectivity index (χ1n) is 13.8. The standard InChI is InChI=1S/C28H49N3O4/c1-8-21(6)31-17-13-12-16-23(31)26(32)29-25(22-14-10-11-15-22)27(33)30(7)24(19(3)4)18-20(5)28(34)35-9-2/h18-19,21-25H,8-17H2,1-7H3,(H,29,32)/b20-18+/t21?,23-,24-,25+/m1/s1. The Balaban J connectivity index is 2.25. The zero-order chi connectivity index (χ0) is 26.1. The Morgan fingerprint density at radius 3 is 2.26 bits per heavy atom. The molecular formula is C28H49N3O4. The highest BCUT2D eigenvalue weighted by Gasteiger charge is 2.39. The van der Waals surface area contributed by atoms with Crippen LogP contribution in [-0.4, -0.2) is 72.0 Å². The summed E-state index contributed by atoms with van der Waals surface area (Å²) in [5.74, 6) is -0.183. The van der Waals surface area contributed by atoms with Gasteiger partial charge in [0, 0.05) is 18.7 Å². The summed E-state index contributed by atoms with van der Waals surface area (Å²) >= 11 is 0. The highest BCUT2D eigenvalue weighted by molar-refractivity contribution is 5.91. The van der Waals surface area contributed by atoms with Gasteiger partial charge in [0.05, 0.1) is 18.7 Å². The van der Waals surface area contributed by atoms with E-state index >= 15 is 0 Å². The molecule has 1 unspecified atom stereocenters. The first-order chi connectivity index (χ1) is 16.6. The number of nitrogens with one attached hydrogen (secondary N) is 1. The molecule has 1 aliphatic heterocycles. The molecule has 2 aliphatic rings. The number of rotatable bonds is 11. The summed E-state index contributed by atoms with van der Waals surface area (Å²) in [5, 5.41) is 3.22. The Morgan fingerprint density at radius 2 is 1.69 bits per heavy atom. The summed E-state index contributed by atoms with van der Waals surface area (Å²) in [6, 6.07) is -0.629. The van der Waals surface area contributed by atoms with Crippen molar-refractivity contribution in [2.45, 2.75) is 117 Å². The molecule has 1 saturated heterocycles. The van der Waals surface area contributed by atoms with Gasteiger partial charge >= 0.3 is 5.97 Å². The fourth-order valence-corrected chi connectivity index (χ4v) is 5.61. The van der Waals surface area contributed by atoms with Gasteiger partial charge in [-0.1, -0.05) is 46.1 Å². The van der Waals surface area contributed by atoms with Crippen molar-refractivity contribution >= 4 is 17.8 Å². The minimum atomic E-state index is -0.534. The number of piperidine rings is 1. The van der Waals surface area contributed by atoms with Gasteiger partial charge in [-0.15, -0.1) is 0 Å². The fraction of sp³-hybridized carbons (Fsp3) is 0.821. The normalized spacial score (nSPS) is 22.5. The summed E-state index contributed by atoms with van der Waals surface area (Å²) in [5.41, 5.74) is 0.498. The number of nitrogens with zero attached hydrogens (tertiary/aromatic N) is 2. The molecule has 1 saturated carbocycles. The van der Waals surface area contributed by atoms with Crippen molar-refractivity contribution in [1.29, 1.82) is 0 Å². The highest BCUT2D eigenvalue weighted by atomic mass is 16.5. The second-order valence-electron chi connectivity index (χ2n) is 10.8. The largest absolute Gasteiger partial charge is 0.463 e. The van der Waals surface area contributed by atoms with Crippen LogP contribution >= 0.6 is 0 Å². The second kappa shape index (κ2) is 14.0. The van der Waals surface area contributed by atoms with Crippen LogP contribution in [-0.2, 0) is 19.1 Å². The smallest absolute Gasteiger partial charge is 0.333 e. The van der Waals surface area contributed by atoms with Crippen molar-refractivity contribution < 1.29 is 19.1 Å². The number of carbonyl (C=O) groups excluding carboxylic acids is 3. The monoisotopic (exact) mass is 491 g/mol. The molecule has 2 amide bonds. The first-order valence-corrected chi connectivity index (χ1v) is 13.8. The van der Waals surface area contributed by atoms with Gasteiger partial charge in [-0.3, -0.25) is 14.5 Å². The van der Waals surface area contributed by atoms with Crippen LogP contribution in [0.4, 0.5) is 0 Å². The van der Waals surface area contributed by atoms with Crippen LogP contribution < -0.4 is 5.32 Å². The van der Waals surface area contributed by atoms with Crippen LogP contribution in [0, 0.1) is 11.8 Å². The van der Waals surface area contributed by atoms with Gasteiger partial charge in [0.15, 0.2) is 0 Å². The maximum Gasteiger partial charge on any atom is 0.333 e. The van der Waals surface area contributed by atoms with Crippen molar-refractivity contribution in [3.8, 4) is 0 Å². The Labute approximate surface area is 213 Å². The van der Waals surface area contributed by atoms with Gasteiger partial charge in [-0.05, 0) is 71.3 Å². The molecule has 4 atom stereocenters. The number of carbonyl (C=O) groups is 3. The van der Waals surface area contributed by atoms with Crippen LogP contribution in [0.15, 0.2) is 11.6 Å². The third kappa shape index (κ3) is 7.80. The lowest BCUT2D eigenvalue weighted by Crippen LogP contribution is -2.59. The Bertz CT molecular complexity index is 744. The highest BCUT2D eigenvalue weighted by Crippen LogP contribution is 2.30. The van der Waals surface area contributed by atoms with E-state index in [1.165, 1.54) is 0 Å². The van der Waals surface area contributed by atoms with Crippen molar-refractivity contribution in [3.63, 3.8) is 0 Å². The Hall–Kier alpha value is -1.89. The number of likely N-dealkylation sites (N-methyl/N-ethyl adjacent to an activating group) is 1. The SMILES string of the molecule is CCOC(=O)/C(C)=C/[C@H](C(C)C)N(C)C(=O)[C@@H](NC(=O)[C@H]1CCCCN1C(C)CC)C1CCCC1. The van der Waals surface area contributed by atoms with Gasteiger partial charge in [0.1, 0.15) is 6.04 Å². The zero-order valence-electron chi connectivity index (χ0n) is 23.1. The zero-order valence-corrected chi connectivity index (χ0v) is 23.1. The molecule has 1 aliphatic carbocycles. The van der Waals surface area contributed by atoms with Crippen LogP contribution in [0.3, 0.4) is 0 Å². The summed E-state index contributed by atoms with van der Waals surface area (Å²) in [4.78, 5) is 43.7. The van der Waals surface area contributed by atoms with Crippen molar-refractivity contribution in [1.82, 2.24) is 15.1 Å². The second-order valence-corrected chi connectivity index (χ2v) is 10.8. The van der Waals surface area contributed by atoms with Crippen LogP contribution in [0.5, 0.6) is 0 Å². The summed E-state index contributed by atoms with van der Waals surface area (Å²) in [6.07, 6.45) is 9.91. The third-order valence-electron chi connectivity index (χ3n) is 7.93. The molecule has 200 valence electrons. The van der Waals surface area contributed by atoms with E-state index in [0.29, 0.717) is 18.2 Å². The van der Waals surface area contributed by atoms with E-state index in [9.17, 15) is 14.4 Å². The van der Waals surface area contributed by atoms with E-state index in [1.807, 2.05) is 19.9 Å². The maximum atomic E-state index is 13.9. The summed E-state index contributed by atoms with van der Waals surface area (Å²) in [7, 11) is 1.79. The van der Waals surface area contributed by atoms with Gasteiger partial charge in [0.2, 0.25) is 11.8 Å². The number of likely N-dealkylation sites (tertiary alicyclic amines) is 1. The third-order valence-corrected chi connectivity index (χ3v) is 7.93. The number of ether oxygens (including phenoxy) is 1. The van der Waals surface area contributed by atoms with Crippen molar-refractivity contribution in [2.75, 3.05) is 20.2 Å². The molecule has 2 rings (SSSR count). The Morgan fingerprint density at radius 1 is 1.06 bits per heavy atom. The molecule has 0 aromatic heterocycles. The molecule has 1 N–H and O–H groups in total. The predicted molar refractivity (Wildman–Crippen MR) is 140 cm³/mol. The van der Waals surface area contributed by atoms with Gasteiger partial charge < -0.3 is 15.0 Å². The first kappa shape index (κ1) is 29.3. The molecule has 0 aromatic carbocycles. The molecule has 7 heteroatoms. The predicted octanol–water partition coefficient (Wildman–Crippen LogP) is 4.31. The molecule has 7 nitrogen and oxygen atoms in total. The molecule has 0 spiro atoms.